The van der Waals surface area contributed by atoms with Gasteiger partial charge in [0.25, 0.3) is 0 Å². The Labute approximate surface area is 181 Å². The minimum absolute atomic E-state index is 0.153. The van der Waals surface area contributed by atoms with Gasteiger partial charge in [-0.05, 0) is 37.7 Å². The highest BCUT2D eigenvalue weighted by atomic mass is 35.5. The second-order valence-electron chi connectivity index (χ2n) is 6.98. The summed E-state index contributed by atoms with van der Waals surface area (Å²) in [4.78, 5) is 17.2. The third-order valence-corrected chi connectivity index (χ3v) is 6.42. The highest BCUT2D eigenvalue weighted by molar-refractivity contribution is 8.00. The lowest BCUT2D eigenvalue weighted by molar-refractivity contribution is -0.132. The summed E-state index contributed by atoms with van der Waals surface area (Å²) in [5.41, 5.74) is 0.930. The molecule has 1 fully saturated rings. The predicted molar refractivity (Wildman–Crippen MR) is 116 cm³/mol. The number of hydrogen-bond acceptors (Lipinski definition) is 6. The number of ether oxygens (including phenoxy) is 1. The number of thioether (sulfide) groups is 1. The molecule has 2 aromatic rings. The van der Waals surface area contributed by atoms with E-state index in [-0.39, 0.29) is 11.2 Å². The van der Waals surface area contributed by atoms with Gasteiger partial charge in [-0.2, -0.15) is 0 Å². The van der Waals surface area contributed by atoms with E-state index in [2.05, 4.69) is 22.0 Å². The molecule has 0 bridgehead atoms. The number of methoxy groups -OCH3 is 1. The molecule has 0 aliphatic carbocycles. The van der Waals surface area contributed by atoms with Crippen molar-refractivity contribution < 1.29 is 9.53 Å². The summed E-state index contributed by atoms with van der Waals surface area (Å²) >= 11 is 7.46. The lowest BCUT2D eigenvalue weighted by Gasteiger charge is -2.35. The first-order valence-electron chi connectivity index (χ1n) is 9.89. The molecule has 7 nitrogen and oxygen atoms in total. The van der Waals surface area contributed by atoms with Crippen molar-refractivity contribution in [3.8, 4) is 11.4 Å². The van der Waals surface area contributed by atoms with Gasteiger partial charge in [-0.3, -0.25) is 9.36 Å². The minimum Gasteiger partial charge on any atom is -0.383 e. The lowest BCUT2D eigenvalue weighted by Crippen LogP contribution is -2.50. The number of hydrogen-bond donors (Lipinski definition) is 0. The van der Waals surface area contributed by atoms with E-state index < -0.39 is 0 Å². The van der Waals surface area contributed by atoms with E-state index in [0.29, 0.717) is 18.2 Å². The summed E-state index contributed by atoms with van der Waals surface area (Å²) in [6.07, 6.45) is 0. The van der Waals surface area contributed by atoms with Crippen LogP contribution < -0.4 is 0 Å². The van der Waals surface area contributed by atoms with Gasteiger partial charge in [-0.1, -0.05) is 30.3 Å². The number of halogens is 1. The predicted octanol–water partition coefficient (Wildman–Crippen LogP) is 2.89. The molecule has 1 aromatic heterocycles. The van der Waals surface area contributed by atoms with Gasteiger partial charge in [0.15, 0.2) is 11.0 Å². The third kappa shape index (κ3) is 5.51. The Bertz CT molecular complexity index is 806. The molecule has 1 aliphatic heterocycles. The van der Waals surface area contributed by atoms with Gasteiger partial charge in [-0.25, -0.2) is 0 Å². The molecule has 0 radical (unpaired) electrons. The van der Waals surface area contributed by atoms with Crippen LogP contribution >= 0.6 is 23.4 Å². The smallest absolute Gasteiger partial charge is 0.235 e. The maximum Gasteiger partial charge on any atom is 0.235 e. The van der Waals surface area contributed by atoms with Gasteiger partial charge >= 0.3 is 0 Å². The number of nitrogens with zero attached hydrogens (tertiary/aromatic N) is 5. The largest absolute Gasteiger partial charge is 0.383 e. The summed E-state index contributed by atoms with van der Waals surface area (Å²) < 4.78 is 7.27. The Kier molecular flexibility index (Phi) is 7.94. The molecule has 1 aliphatic rings. The van der Waals surface area contributed by atoms with Crippen LogP contribution in [0.4, 0.5) is 0 Å². The first kappa shape index (κ1) is 22.1. The number of aromatic nitrogens is 3. The van der Waals surface area contributed by atoms with Gasteiger partial charge in [0.1, 0.15) is 0 Å². The number of rotatable bonds is 8. The average Bonchev–Trinajstić information content (AvgIpc) is 3.14. The molecule has 3 rings (SSSR count). The molecule has 1 saturated heterocycles. The van der Waals surface area contributed by atoms with Crippen molar-refractivity contribution >= 4 is 29.3 Å². The molecule has 0 unspecified atom stereocenters. The number of amides is 1. The van der Waals surface area contributed by atoms with Crippen molar-refractivity contribution in [3.63, 3.8) is 0 Å². The van der Waals surface area contributed by atoms with Crippen LogP contribution in [0.15, 0.2) is 29.4 Å². The van der Waals surface area contributed by atoms with Gasteiger partial charge in [-0.15, -0.1) is 10.2 Å². The van der Waals surface area contributed by atoms with Crippen LogP contribution in [0.2, 0.25) is 5.02 Å². The Morgan fingerprint density at radius 3 is 2.52 bits per heavy atom. The van der Waals surface area contributed by atoms with Crippen LogP contribution in [0.3, 0.4) is 0 Å². The SMILES string of the molecule is CCN1CCN(C(=O)[C@@H](C)Sc2nnc(-c3ccc(Cl)cc3)n2CCOC)CC1. The molecule has 1 atom stereocenters. The van der Waals surface area contributed by atoms with Crippen LogP contribution in [0.1, 0.15) is 13.8 Å². The van der Waals surface area contributed by atoms with Crippen molar-refractivity contribution in [2.45, 2.75) is 30.8 Å². The normalized spacial score (nSPS) is 16.2. The standard InChI is InChI=1S/C20H28ClN5O2S/c1-4-24-9-11-25(12-10-24)19(27)15(2)29-20-23-22-18(26(20)13-14-28-3)16-5-7-17(21)8-6-16/h5-8,15H,4,9-14H2,1-3H3/t15-/m1/s1. The van der Waals surface area contributed by atoms with Crippen molar-refractivity contribution in [1.82, 2.24) is 24.6 Å². The summed E-state index contributed by atoms with van der Waals surface area (Å²) in [6.45, 7) is 9.70. The number of likely N-dealkylation sites (N-methyl/N-ethyl adjacent to an activating group) is 1. The molecule has 0 saturated carbocycles. The van der Waals surface area contributed by atoms with Gasteiger partial charge in [0, 0.05) is 43.9 Å². The number of benzene rings is 1. The molecular formula is C20H28ClN5O2S. The topological polar surface area (TPSA) is 63.5 Å². The zero-order valence-electron chi connectivity index (χ0n) is 17.2. The summed E-state index contributed by atoms with van der Waals surface area (Å²) in [6, 6.07) is 7.51. The van der Waals surface area contributed by atoms with E-state index in [9.17, 15) is 4.79 Å². The highest BCUT2D eigenvalue weighted by Gasteiger charge is 2.27. The maximum atomic E-state index is 12.9. The number of piperazine rings is 1. The Balaban J connectivity index is 1.74. The van der Waals surface area contributed by atoms with E-state index in [4.69, 9.17) is 16.3 Å². The van der Waals surface area contributed by atoms with Gasteiger partial charge < -0.3 is 14.5 Å². The zero-order chi connectivity index (χ0) is 20.8. The molecule has 0 N–H and O–H groups in total. The number of carbonyl (C=O) groups excluding carboxylic acids is 1. The molecule has 1 aromatic carbocycles. The van der Waals surface area contributed by atoms with Crippen LogP contribution in [0, 0.1) is 0 Å². The van der Waals surface area contributed by atoms with E-state index in [1.807, 2.05) is 40.7 Å². The summed E-state index contributed by atoms with van der Waals surface area (Å²) in [5.74, 6) is 0.900. The Morgan fingerprint density at radius 2 is 1.90 bits per heavy atom. The molecule has 9 heteroatoms. The van der Waals surface area contributed by atoms with Crippen LogP contribution in [-0.2, 0) is 16.1 Å². The van der Waals surface area contributed by atoms with Crippen molar-refractivity contribution in [1.29, 1.82) is 0 Å². The van der Waals surface area contributed by atoms with Gasteiger partial charge in [0.05, 0.1) is 18.4 Å². The lowest BCUT2D eigenvalue weighted by atomic mass is 10.2. The molecule has 158 valence electrons. The Hall–Kier alpha value is -1.61. The zero-order valence-corrected chi connectivity index (χ0v) is 18.7. The van der Waals surface area contributed by atoms with Crippen LogP contribution in [-0.4, -0.2) is 82.2 Å². The first-order valence-corrected chi connectivity index (χ1v) is 11.1. The Morgan fingerprint density at radius 1 is 1.21 bits per heavy atom. The van der Waals surface area contributed by atoms with Crippen LogP contribution in [0.25, 0.3) is 11.4 Å². The molecule has 1 amide bonds. The third-order valence-electron chi connectivity index (χ3n) is 5.10. The molecule has 29 heavy (non-hydrogen) atoms. The van der Waals surface area contributed by atoms with E-state index in [0.717, 1.165) is 49.3 Å². The maximum absolute atomic E-state index is 12.9. The van der Waals surface area contributed by atoms with E-state index in [1.165, 1.54) is 11.8 Å². The quantitative estimate of drug-likeness (QED) is 0.592. The van der Waals surface area contributed by atoms with Crippen molar-refractivity contribution in [2.24, 2.45) is 0 Å². The fourth-order valence-electron chi connectivity index (χ4n) is 3.32. The molecule has 0 spiro atoms. The van der Waals surface area contributed by atoms with E-state index >= 15 is 0 Å². The molecular weight excluding hydrogens is 410 g/mol. The summed E-state index contributed by atoms with van der Waals surface area (Å²) in [7, 11) is 1.67. The second kappa shape index (κ2) is 10.4. The highest BCUT2D eigenvalue weighted by Crippen LogP contribution is 2.28. The van der Waals surface area contributed by atoms with E-state index in [1.54, 1.807) is 7.11 Å². The minimum atomic E-state index is -0.230. The first-order chi connectivity index (χ1) is 14.0. The van der Waals surface area contributed by atoms with Crippen LogP contribution in [0.5, 0.6) is 0 Å². The molecule has 2 heterocycles. The summed E-state index contributed by atoms with van der Waals surface area (Å²) in [5, 5.41) is 9.91. The average molecular weight is 438 g/mol. The monoisotopic (exact) mass is 437 g/mol. The fraction of sp³-hybridized carbons (Fsp3) is 0.550. The second-order valence-corrected chi connectivity index (χ2v) is 8.72. The van der Waals surface area contributed by atoms with Gasteiger partial charge in [0.2, 0.25) is 5.91 Å². The fourth-order valence-corrected chi connectivity index (χ4v) is 4.41. The van der Waals surface area contributed by atoms with Crippen molar-refractivity contribution in [2.75, 3.05) is 46.4 Å². The van der Waals surface area contributed by atoms with Crippen molar-refractivity contribution in [3.05, 3.63) is 29.3 Å². The number of carbonyl (C=O) groups is 1.